The molecule has 1 aromatic heterocycles. The molecular weight excluding hydrogens is 352 g/mol. The van der Waals surface area contributed by atoms with Gasteiger partial charge < -0.3 is 14.2 Å². The predicted molar refractivity (Wildman–Crippen MR) is 107 cm³/mol. The van der Waals surface area contributed by atoms with Crippen LogP contribution in [-0.4, -0.2) is 48.8 Å². The zero-order valence-electron chi connectivity index (χ0n) is 16.9. The zero-order valence-corrected chi connectivity index (χ0v) is 16.9. The quantitative estimate of drug-likeness (QED) is 0.815. The SMILES string of the molecule is Cc1ccc(C(=O)N2CCC3(CC2)CC(CC(=O)N(C)C)c2ccccc23)o1. The fourth-order valence-corrected chi connectivity index (χ4v) is 4.92. The molecule has 2 amide bonds. The van der Waals surface area contributed by atoms with Crippen LogP contribution >= 0.6 is 0 Å². The summed E-state index contributed by atoms with van der Waals surface area (Å²) in [5, 5.41) is 0. The smallest absolute Gasteiger partial charge is 0.289 e. The molecule has 4 rings (SSSR count). The van der Waals surface area contributed by atoms with E-state index in [-0.39, 0.29) is 23.1 Å². The number of aryl methyl sites for hydroxylation is 1. The first-order chi connectivity index (χ1) is 13.4. The Labute approximate surface area is 166 Å². The van der Waals surface area contributed by atoms with Crippen LogP contribution in [0, 0.1) is 6.92 Å². The third-order valence-corrected chi connectivity index (χ3v) is 6.49. The molecule has 0 bridgehead atoms. The van der Waals surface area contributed by atoms with Crippen LogP contribution in [0.5, 0.6) is 0 Å². The molecule has 2 aromatic rings. The molecule has 1 saturated heterocycles. The van der Waals surface area contributed by atoms with E-state index in [0.29, 0.717) is 12.2 Å². The Morgan fingerprint density at radius 3 is 2.50 bits per heavy atom. The Hall–Kier alpha value is -2.56. The van der Waals surface area contributed by atoms with Gasteiger partial charge in [0.05, 0.1) is 0 Å². The highest BCUT2D eigenvalue weighted by Crippen LogP contribution is 2.52. The minimum absolute atomic E-state index is 0.0198. The molecule has 1 unspecified atom stereocenters. The van der Waals surface area contributed by atoms with Gasteiger partial charge in [0.2, 0.25) is 5.91 Å². The Bertz CT molecular complexity index is 891. The molecule has 1 fully saturated rings. The molecule has 2 aliphatic rings. The average Bonchev–Trinajstić information content (AvgIpc) is 3.25. The molecule has 5 nitrogen and oxygen atoms in total. The highest BCUT2D eigenvalue weighted by Gasteiger charge is 2.46. The normalized spacial score (nSPS) is 20.2. The Morgan fingerprint density at radius 1 is 1.14 bits per heavy atom. The highest BCUT2D eigenvalue weighted by molar-refractivity contribution is 5.91. The van der Waals surface area contributed by atoms with E-state index in [1.807, 2.05) is 32.0 Å². The van der Waals surface area contributed by atoms with E-state index in [0.717, 1.165) is 38.1 Å². The lowest BCUT2D eigenvalue weighted by Crippen LogP contribution is -2.44. The number of carbonyl (C=O) groups excluding carboxylic acids is 2. The molecule has 28 heavy (non-hydrogen) atoms. The van der Waals surface area contributed by atoms with Crippen LogP contribution in [0.15, 0.2) is 40.8 Å². The predicted octanol–water partition coefficient (Wildman–Crippen LogP) is 3.73. The molecule has 148 valence electrons. The maximum Gasteiger partial charge on any atom is 0.289 e. The number of carbonyl (C=O) groups is 2. The lowest BCUT2D eigenvalue weighted by molar-refractivity contribution is -0.129. The molecule has 5 heteroatoms. The third-order valence-electron chi connectivity index (χ3n) is 6.49. The second-order valence-electron chi connectivity index (χ2n) is 8.46. The maximum atomic E-state index is 12.7. The summed E-state index contributed by atoms with van der Waals surface area (Å²) in [7, 11) is 3.64. The van der Waals surface area contributed by atoms with Crippen molar-refractivity contribution in [2.45, 2.75) is 43.9 Å². The van der Waals surface area contributed by atoms with Crippen molar-refractivity contribution in [2.75, 3.05) is 27.2 Å². The van der Waals surface area contributed by atoms with Crippen molar-refractivity contribution in [3.63, 3.8) is 0 Å². The number of benzene rings is 1. The van der Waals surface area contributed by atoms with Gasteiger partial charge in [-0.25, -0.2) is 0 Å². The first kappa shape index (κ1) is 18.8. The number of likely N-dealkylation sites (tertiary alicyclic amines) is 1. The van der Waals surface area contributed by atoms with E-state index in [4.69, 9.17) is 4.42 Å². The van der Waals surface area contributed by atoms with Crippen molar-refractivity contribution in [3.8, 4) is 0 Å². The van der Waals surface area contributed by atoms with Gasteiger partial charge in [-0.3, -0.25) is 9.59 Å². The lowest BCUT2D eigenvalue weighted by Gasteiger charge is -2.40. The Kier molecular flexibility index (Phi) is 4.77. The topological polar surface area (TPSA) is 53.8 Å². The average molecular weight is 380 g/mol. The van der Waals surface area contributed by atoms with Gasteiger partial charge >= 0.3 is 0 Å². The fraction of sp³-hybridized carbons (Fsp3) is 0.478. The van der Waals surface area contributed by atoms with Crippen LogP contribution < -0.4 is 0 Å². The van der Waals surface area contributed by atoms with E-state index in [9.17, 15) is 9.59 Å². The van der Waals surface area contributed by atoms with Crippen molar-refractivity contribution < 1.29 is 14.0 Å². The molecule has 1 aliphatic carbocycles. The number of amides is 2. The molecule has 1 aliphatic heterocycles. The Balaban J connectivity index is 1.51. The third kappa shape index (κ3) is 3.23. The summed E-state index contributed by atoms with van der Waals surface area (Å²) in [5.41, 5.74) is 2.77. The highest BCUT2D eigenvalue weighted by atomic mass is 16.3. The van der Waals surface area contributed by atoms with Crippen LogP contribution in [0.4, 0.5) is 0 Å². The van der Waals surface area contributed by atoms with Crippen molar-refractivity contribution >= 4 is 11.8 Å². The minimum Gasteiger partial charge on any atom is -0.456 e. The summed E-state index contributed by atoms with van der Waals surface area (Å²) in [6.07, 6.45) is 3.41. The van der Waals surface area contributed by atoms with Crippen LogP contribution in [0.3, 0.4) is 0 Å². The lowest BCUT2D eigenvalue weighted by atomic mass is 9.73. The minimum atomic E-state index is -0.0198. The van der Waals surface area contributed by atoms with E-state index < -0.39 is 0 Å². The van der Waals surface area contributed by atoms with Gasteiger partial charge in [0.25, 0.3) is 5.91 Å². The number of nitrogens with zero attached hydrogens (tertiary/aromatic N) is 2. The first-order valence-corrected chi connectivity index (χ1v) is 10.0. The van der Waals surface area contributed by atoms with E-state index in [1.165, 1.54) is 11.1 Å². The Morgan fingerprint density at radius 2 is 1.86 bits per heavy atom. The van der Waals surface area contributed by atoms with Gasteiger partial charge in [-0.05, 0) is 60.8 Å². The molecule has 0 saturated carbocycles. The number of hydrogen-bond donors (Lipinski definition) is 0. The van der Waals surface area contributed by atoms with Gasteiger partial charge in [-0.1, -0.05) is 24.3 Å². The molecular formula is C23H28N2O3. The van der Waals surface area contributed by atoms with Gasteiger partial charge in [-0.2, -0.15) is 0 Å². The van der Waals surface area contributed by atoms with Crippen molar-refractivity contribution in [2.24, 2.45) is 0 Å². The summed E-state index contributed by atoms with van der Waals surface area (Å²) < 4.78 is 5.52. The van der Waals surface area contributed by atoms with Gasteiger partial charge in [0.1, 0.15) is 5.76 Å². The first-order valence-electron chi connectivity index (χ1n) is 10.0. The second kappa shape index (κ2) is 7.12. The molecule has 1 atom stereocenters. The number of rotatable bonds is 3. The summed E-state index contributed by atoms with van der Waals surface area (Å²) >= 11 is 0. The van der Waals surface area contributed by atoms with Gasteiger partial charge in [0.15, 0.2) is 5.76 Å². The molecule has 0 radical (unpaired) electrons. The van der Waals surface area contributed by atoms with Gasteiger partial charge in [-0.15, -0.1) is 0 Å². The van der Waals surface area contributed by atoms with Crippen LogP contribution in [0.1, 0.15) is 59.0 Å². The number of furan rings is 1. The van der Waals surface area contributed by atoms with Gasteiger partial charge in [0, 0.05) is 33.6 Å². The molecule has 2 heterocycles. The molecule has 1 spiro atoms. The number of piperidine rings is 1. The monoisotopic (exact) mass is 380 g/mol. The summed E-state index contributed by atoms with van der Waals surface area (Å²) in [4.78, 5) is 28.7. The van der Waals surface area contributed by atoms with E-state index in [2.05, 4.69) is 24.3 Å². The molecule has 1 aromatic carbocycles. The van der Waals surface area contributed by atoms with E-state index >= 15 is 0 Å². The summed E-state index contributed by atoms with van der Waals surface area (Å²) in [6, 6.07) is 12.2. The van der Waals surface area contributed by atoms with Crippen molar-refractivity contribution in [1.82, 2.24) is 9.80 Å². The fourth-order valence-electron chi connectivity index (χ4n) is 4.92. The van der Waals surface area contributed by atoms with E-state index in [1.54, 1.807) is 11.0 Å². The maximum absolute atomic E-state index is 12.7. The number of hydrogen-bond acceptors (Lipinski definition) is 3. The zero-order chi connectivity index (χ0) is 19.9. The number of fused-ring (bicyclic) bond motifs is 2. The van der Waals surface area contributed by atoms with Crippen molar-refractivity contribution in [3.05, 3.63) is 59.0 Å². The van der Waals surface area contributed by atoms with Crippen LogP contribution in [0.2, 0.25) is 0 Å². The summed E-state index contributed by atoms with van der Waals surface area (Å²) in [6.45, 7) is 3.30. The largest absolute Gasteiger partial charge is 0.456 e. The second-order valence-corrected chi connectivity index (χ2v) is 8.46. The van der Waals surface area contributed by atoms with Crippen LogP contribution in [0.25, 0.3) is 0 Å². The summed E-state index contributed by atoms with van der Waals surface area (Å²) in [5.74, 6) is 1.61. The van der Waals surface area contributed by atoms with Crippen molar-refractivity contribution in [1.29, 1.82) is 0 Å². The standard InChI is InChI=1S/C23H28N2O3/c1-16-8-9-20(28-16)22(27)25-12-10-23(11-13-25)15-17(14-21(26)24(2)3)18-6-4-5-7-19(18)23/h4-9,17H,10-15H2,1-3H3. The molecule has 0 N–H and O–H groups in total. The van der Waals surface area contributed by atoms with Crippen LogP contribution in [-0.2, 0) is 10.2 Å².